The summed E-state index contributed by atoms with van der Waals surface area (Å²) in [4.78, 5) is 37.2. The van der Waals surface area contributed by atoms with Crippen molar-refractivity contribution in [3.63, 3.8) is 0 Å². The Morgan fingerprint density at radius 1 is 1.35 bits per heavy atom. The molecule has 0 radical (unpaired) electrons. The van der Waals surface area contributed by atoms with Crippen LogP contribution in [0.3, 0.4) is 0 Å². The van der Waals surface area contributed by atoms with Crippen LogP contribution in [0, 0.1) is 0 Å². The zero-order valence-corrected chi connectivity index (χ0v) is 15.2. The van der Waals surface area contributed by atoms with Crippen molar-refractivity contribution in [1.29, 1.82) is 0 Å². The van der Waals surface area contributed by atoms with Crippen molar-refractivity contribution in [3.05, 3.63) is 29.3 Å². The number of likely N-dealkylation sites (N-methyl/N-ethyl adjacent to an activating group) is 1. The number of nitrogens with one attached hydrogen (secondary N) is 1. The summed E-state index contributed by atoms with van der Waals surface area (Å²) in [6.45, 7) is 0.368. The molecule has 1 heterocycles. The molecule has 3 rings (SSSR count). The fourth-order valence-electron chi connectivity index (χ4n) is 3.84. The summed E-state index contributed by atoms with van der Waals surface area (Å²) < 4.78 is 6.09. The highest BCUT2D eigenvalue weighted by Crippen LogP contribution is 2.31. The van der Waals surface area contributed by atoms with Crippen molar-refractivity contribution in [3.8, 4) is 5.75 Å². The summed E-state index contributed by atoms with van der Waals surface area (Å²) in [6.07, 6.45) is 7.43. The van der Waals surface area contributed by atoms with E-state index in [2.05, 4.69) is 5.32 Å². The number of carbonyl (C=O) groups excluding carboxylic acids is 3. The molecular weight excluding hydrogens is 332 g/mol. The molecule has 26 heavy (non-hydrogen) atoms. The third-order valence-electron chi connectivity index (χ3n) is 5.25. The van der Waals surface area contributed by atoms with Crippen LogP contribution in [0.5, 0.6) is 5.75 Å². The van der Waals surface area contributed by atoms with Crippen LogP contribution in [0.15, 0.2) is 18.2 Å². The minimum Gasteiger partial charge on any atom is -0.490 e. The first kappa shape index (κ1) is 18.4. The third-order valence-corrected chi connectivity index (χ3v) is 5.25. The maximum atomic E-state index is 12.7. The van der Waals surface area contributed by atoms with Gasteiger partial charge in [0.05, 0.1) is 6.10 Å². The lowest BCUT2D eigenvalue weighted by Gasteiger charge is -2.25. The Kier molecular flexibility index (Phi) is 5.91. The van der Waals surface area contributed by atoms with Gasteiger partial charge >= 0.3 is 0 Å². The van der Waals surface area contributed by atoms with Gasteiger partial charge in [-0.1, -0.05) is 6.42 Å². The molecule has 0 spiro atoms. The van der Waals surface area contributed by atoms with E-state index in [9.17, 15) is 14.4 Å². The summed E-state index contributed by atoms with van der Waals surface area (Å²) in [7, 11) is 1.54. The van der Waals surface area contributed by atoms with Gasteiger partial charge in [-0.25, -0.2) is 0 Å². The second-order valence-electron chi connectivity index (χ2n) is 7.00. The van der Waals surface area contributed by atoms with Crippen LogP contribution in [0.1, 0.15) is 60.9 Å². The lowest BCUT2D eigenvalue weighted by atomic mass is 9.98. The summed E-state index contributed by atoms with van der Waals surface area (Å²) in [5.74, 6) is 0.380. The van der Waals surface area contributed by atoms with E-state index in [0.717, 1.165) is 30.4 Å². The standard InChI is InChI=1S/C20H26N2O4/c1-21-19(24)18(8-5-11-23)22-13-14-12-16(9-10-17(14)20(22)25)26-15-6-3-2-4-7-15/h9-12,15,18H,2-8,13H2,1H3,(H,21,24). The van der Waals surface area contributed by atoms with Gasteiger partial charge in [0.2, 0.25) is 5.91 Å². The highest BCUT2D eigenvalue weighted by atomic mass is 16.5. The quantitative estimate of drug-likeness (QED) is 0.760. The van der Waals surface area contributed by atoms with Crippen molar-refractivity contribution in [2.45, 2.75) is 63.6 Å². The monoisotopic (exact) mass is 358 g/mol. The highest BCUT2D eigenvalue weighted by molar-refractivity contribution is 6.01. The largest absolute Gasteiger partial charge is 0.490 e. The van der Waals surface area contributed by atoms with Gasteiger partial charge in [-0.05, 0) is 55.9 Å². The molecule has 140 valence electrons. The molecule has 1 aliphatic carbocycles. The fourth-order valence-corrected chi connectivity index (χ4v) is 3.84. The Bertz CT molecular complexity index is 682. The molecule has 6 nitrogen and oxygen atoms in total. The molecule has 0 aromatic heterocycles. The molecule has 1 N–H and O–H groups in total. The van der Waals surface area contributed by atoms with Crippen molar-refractivity contribution in [2.24, 2.45) is 0 Å². The van der Waals surface area contributed by atoms with E-state index in [1.165, 1.54) is 19.3 Å². The Balaban J connectivity index is 1.74. The van der Waals surface area contributed by atoms with Crippen LogP contribution in [-0.4, -0.2) is 42.2 Å². The third kappa shape index (κ3) is 3.89. The maximum absolute atomic E-state index is 12.7. The van der Waals surface area contributed by atoms with Crippen molar-refractivity contribution in [1.82, 2.24) is 10.2 Å². The van der Waals surface area contributed by atoms with E-state index >= 15 is 0 Å². The minimum atomic E-state index is -0.632. The van der Waals surface area contributed by atoms with E-state index in [0.29, 0.717) is 18.5 Å². The number of benzene rings is 1. The second-order valence-corrected chi connectivity index (χ2v) is 7.00. The van der Waals surface area contributed by atoms with Gasteiger partial charge in [-0.15, -0.1) is 0 Å². The number of fused-ring (bicyclic) bond motifs is 1. The zero-order chi connectivity index (χ0) is 18.5. The van der Waals surface area contributed by atoms with E-state index in [1.807, 2.05) is 12.1 Å². The average molecular weight is 358 g/mol. The van der Waals surface area contributed by atoms with Crippen molar-refractivity contribution in [2.75, 3.05) is 7.05 Å². The summed E-state index contributed by atoms with van der Waals surface area (Å²) in [5, 5.41) is 2.59. The first-order chi connectivity index (χ1) is 12.6. The lowest BCUT2D eigenvalue weighted by Crippen LogP contribution is -2.46. The van der Waals surface area contributed by atoms with E-state index in [1.54, 1.807) is 18.0 Å². The van der Waals surface area contributed by atoms with Gasteiger partial charge < -0.3 is 19.7 Å². The molecular formula is C20H26N2O4. The molecule has 1 saturated carbocycles. The van der Waals surface area contributed by atoms with E-state index in [-0.39, 0.29) is 24.3 Å². The molecule has 1 aromatic rings. The number of ether oxygens (including phenoxy) is 1. The average Bonchev–Trinajstić information content (AvgIpc) is 2.98. The zero-order valence-electron chi connectivity index (χ0n) is 15.2. The summed E-state index contributed by atoms with van der Waals surface area (Å²) in [6, 6.07) is 4.92. The summed E-state index contributed by atoms with van der Waals surface area (Å²) in [5.41, 5.74) is 1.49. The van der Waals surface area contributed by atoms with Gasteiger partial charge in [-0.3, -0.25) is 9.59 Å². The number of nitrogens with zero attached hydrogens (tertiary/aromatic N) is 1. The van der Waals surface area contributed by atoms with Crippen molar-refractivity contribution >= 4 is 18.1 Å². The molecule has 1 unspecified atom stereocenters. The number of rotatable bonds is 7. The Morgan fingerprint density at radius 2 is 2.12 bits per heavy atom. The second kappa shape index (κ2) is 8.34. The maximum Gasteiger partial charge on any atom is 0.255 e. The minimum absolute atomic E-state index is 0.163. The molecule has 1 fully saturated rings. The lowest BCUT2D eigenvalue weighted by molar-refractivity contribution is -0.125. The van der Waals surface area contributed by atoms with Gasteiger partial charge in [0.15, 0.2) is 0 Å². The predicted octanol–water partition coefficient (Wildman–Crippen LogP) is 2.45. The Hall–Kier alpha value is -2.37. The Morgan fingerprint density at radius 3 is 2.81 bits per heavy atom. The van der Waals surface area contributed by atoms with Crippen LogP contribution >= 0.6 is 0 Å². The van der Waals surface area contributed by atoms with Crippen LogP contribution in [0.4, 0.5) is 0 Å². The van der Waals surface area contributed by atoms with Gasteiger partial charge in [0.1, 0.15) is 18.1 Å². The molecule has 0 saturated heterocycles. The number of hydrogen-bond acceptors (Lipinski definition) is 4. The number of carbonyl (C=O) groups is 3. The normalized spacial score (nSPS) is 18.3. The smallest absolute Gasteiger partial charge is 0.255 e. The van der Waals surface area contributed by atoms with Gasteiger partial charge in [0.25, 0.3) is 5.91 Å². The number of hydrogen-bond donors (Lipinski definition) is 1. The van der Waals surface area contributed by atoms with Crippen molar-refractivity contribution < 1.29 is 19.1 Å². The SMILES string of the molecule is CNC(=O)C(CCC=O)N1Cc2cc(OC3CCCCC3)ccc2C1=O. The number of aldehydes is 1. The van der Waals surface area contributed by atoms with Crippen LogP contribution in [0.25, 0.3) is 0 Å². The topological polar surface area (TPSA) is 75.7 Å². The van der Waals surface area contributed by atoms with Gasteiger partial charge in [-0.2, -0.15) is 0 Å². The number of amides is 2. The Labute approximate surface area is 153 Å². The summed E-state index contributed by atoms with van der Waals surface area (Å²) >= 11 is 0. The fraction of sp³-hybridized carbons (Fsp3) is 0.550. The van der Waals surface area contributed by atoms with Gasteiger partial charge in [0, 0.05) is 25.6 Å². The molecule has 6 heteroatoms. The first-order valence-electron chi connectivity index (χ1n) is 9.40. The van der Waals surface area contributed by atoms with E-state index in [4.69, 9.17) is 4.74 Å². The van der Waals surface area contributed by atoms with E-state index < -0.39 is 6.04 Å². The molecule has 1 aliphatic heterocycles. The van der Waals surface area contributed by atoms with Crippen LogP contribution < -0.4 is 10.1 Å². The van der Waals surface area contributed by atoms with Crippen LogP contribution in [-0.2, 0) is 16.1 Å². The predicted molar refractivity (Wildman–Crippen MR) is 97.0 cm³/mol. The first-order valence-corrected chi connectivity index (χ1v) is 9.40. The molecule has 2 aliphatic rings. The van der Waals surface area contributed by atoms with Crippen LogP contribution in [0.2, 0.25) is 0 Å². The molecule has 2 amide bonds. The highest BCUT2D eigenvalue weighted by Gasteiger charge is 2.36. The molecule has 1 atom stereocenters. The molecule has 1 aromatic carbocycles. The molecule has 0 bridgehead atoms.